The van der Waals surface area contributed by atoms with Gasteiger partial charge >= 0.3 is 0 Å². The van der Waals surface area contributed by atoms with Crippen LogP contribution in [0.15, 0.2) is 0 Å². The molecule has 0 atom stereocenters. The fraction of sp³-hybridized carbons (Fsp3) is 0.966. The summed E-state index contributed by atoms with van der Waals surface area (Å²) >= 11 is 0. The summed E-state index contributed by atoms with van der Waals surface area (Å²) in [5.74, 6) is 0.180. The Hall–Kier alpha value is -0.610. The van der Waals surface area contributed by atoms with Crippen molar-refractivity contribution in [2.75, 3.05) is 26.3 Å². The Morgan fingerprint density at radius 3 is 1.09 bits per heavy atom. The smallest absolute Gasteiger partial charge is 0.222 e. The molecule has 0 aromatic rings. The normalized spacial score (nSPS) is 11.2. The van der Waals surface area contributed by atoms with Gasteiger partial charge in [-0.3, -0.25) is 4.79 Å². The first kappa shape index (κ1) is 32.4. The number of unbranched alkanes of at least 4 members (excludes halogenated alkanes) is 19. The number of carbonyl (C=O) groups excluding carboxylic acids is 1. The van der Waals surface area contributed by atoms with Crippen LogP contribution in [0, 0.1) is 0 Å². The second-order valence-electron chi connectivity index (χ2n) is 10.0. The van der Waals surface area contributed by atoms with Crippen molar-refractivity contribution < 1.29 is 15.0 Å². The van der Waals surface area contributed by atoms with Crippen molar-refractivity contribution in [2.24, 2.45) is 0 Å². The molecule has 4 nitrogen and oxygen atoms in total. The van der Waals surface area contributed by atoms with Gasteiger partial charge in [-0.1, -0.05) is 129 Å². The average molecular weight is 470 g/mol. The van der Waals surface area contributed by atoms with E-state index in [4.69, 9.17) is 10.2 Å². The van der Waals surface area contributed by atoms with Crippen LogP contribution >= 0.6 is 0 Å². The summed E-state index contributed by atoms with van der Waals surface area (Å²) in [6.45, 7) is 3.72. The molecule has 0 aromatic heterocycles. The molecule has 0 bridgehead atoms. The van der Waals surface area contributed by atoms with Gasteiger partial charge in [-0.25, -0.2) is 0 Å². The molecule has 0 aromatic carbocycles. The Bertz CT molecular complexity index is 381. The first-order chi connectivity index (χ1) is 16.3. The van der Waals surface area contributed by atoms with Crippen molar-refractivity contribution in [3.63, 3.8) is 0 Å². The number of carbonyl (C=O) groups is 1. The zero-order valence-corrected chi connectivity index (χ0v) is 22.3. The van der Waals surface area contributed by atoms with E-state index in [1.54, 1.807) is 0 Å². The molecule has 0 saturated heterocycles. The molecular formula is C29H59NO3. The SMILES string of the molecule is CCCCCCCCCCCCCCCCCCCCCCC(=O)N(CCCO)CCCO. The van der Waals surface area contributed by atoms with Gasteiger partial charge in [0.05, 0.1) is 0 Å². The standard InChI is InChI=1S/C29H59NO3/c1-2-3-4-5-6-7-8-9-10-11-12-13-14-15-16-17-18-19-20-21-24-29(33)30(25-22-27-31)26-23-28-32/h31-32H,2-28H2,1H3. The fourth-order valence-corrected chi connectivity index (χ4v) is 4.57. The molecule has 0 radical (unpaired) electrons. The minimum atomic E-state index is 0.113. The Balaban J connectivity index is 3.32. The molecule has 0 saturated carbocycles. The number of nitrogens with zero attached hydrogens (tertiary/aromatic N) is 1. The lowest BCUT2D eigenvalue weighted by Crippen LogP contribution is -2.33. The summed E-state index contributed by atoms with van der Waals surface area (Å²) in [5, 5.41) is 18.0. The predicted molar refractivity (Wildman–Crippen MR) is 143 cm³/mol. The van der Waals surface area contributed by atoms with E-state index in [0.717, 1.165) is 12.8 Å². The van der Waals surface area contributed by atoms with Crippen LogP contribution in [-0.2, 0) is 4.79 Å². The molecule has 1 amide bonds. The van der Waals surface area contributed by atoms with Crippen LogP contribution in [0.25, 0.3) is 0 Å². The Morgan fingerprint density at radius 2 is 0.788 bits per heavy atom. The van der Waals surface area contributed by atoms with Gasteiger partial charge in [-0.15, -0.1) is 0 Å². The van der Waals surface area contributed by atoms with E-state index in [-0.39, 0.29) is 19.1 Å². The monoisotopic (exact) mass is 469 g/mol. The number of amides is 1. The Labute approximate surface area is 206 Å². The molecular weight excluding hydrogens is 410 g/mol. The van der Waals surface area contributed by atoms with E-state index in [2.05, 4.69) is 6.92 Å². The highest BCUT2D eigenvalue weighted by Gasteiger charge is 2.12. The lowest BCUT2D eigenvalue weighted by molar-refractivity contribution is -0.131. The number of aliphatic hydroxyl groups is 2. The second kappa shape index (κ2) is 27.6. The third-order valence-corrected chi connectivity index (χ3v) is 6.77. The van der Waals surface area contributed by atoms with E-state index in [9.17, 15) is 4.79 Å². The number of aliphatic hydroxyl groups excluding tert-OH is 2. The molecule has 0 rings (SSSR count). The minimum Gasteiger partial charge on any atom is -0.396 e. The Morgan fingerprint density at radius 1 is 0.485 bits per heavy atom. The summed E-state index contributed by atoms with van der Waals surface area (Å²) in [4.78, 5) is 14.1. The van der Waals surface area contributed by atoms with Gasteiger partial charge in [0.25, 0.3) is 0 Å². The maximum Gasteiger partial charge on any atom is 0.222 e. The van der Waals surface area contributed by atoms with Crippen molar-refractivity contribution in [1.29, 1.82) is 0 Å². The van der Waals surface area contributed by atoms with Crippen LogP contribution < -0.4 is 0 Å². The summed E-state index contributed by atoms with van der Waals surface area (Å²) in [5.41, 5.74) is 0. The average Bonchev–Trinajstić information content (AvgIpc) is 2.82. The molecule has 0 aliphatic heterocycles. The fourth-order valence-electron chi connectivity index (χ4n) is 4.57. The van der Waals surface area contributed by atoms with Crippen LogP contribution in [0.5, 0.6) is 0 Å². The summed E-state index contributed by atoms with van der Waals surface area (Å²) in [7, 11) is 0. The summed E-state index contributed by atoms with van der Waals surface area (Å²) in [6.07, 6.45) is 29.2. The maximum atomic E-state index is 12.3. The third-order valence-electron chi connectivity index (χ3n) is 6.77. The first-order valence-corrected chi connectivity index (χ1v) is 14.8. The second-order valence-corrected chi connectivity index (χ2v) is 10.0. The van der Waals surface area contributed by atoms with Crippen molar-refractivity contribution in [1.82, 2.24) is 4.90 Å². The maximum absolute atomic E-state index is 12.3. The molecule has 33 heavy (non-hydrogen) atoms. The highest BCUT2D eigenvalue weighted by Crippen LogP contribution is 2.15. The van der Waals surface area contributed by atoms with E-state index in [0.29, 0.717) is 32.4 Å². The topological polar surface area (TPSA) is 60.8 Å². The Kier molecular flexibility index (Phi) is 27.1. The molecule has 0 aliphatic carbocycles. The van der Waals surface area contributed by atoms with Crippen LogP contribution in [0.1, 0.15) is 155 Å². The summed E-state index contributed by atoms with van der Waals surface area (Å²) < 4.78 is 0. The van der Waals surface area contributed by atoms with E-state index < -0.39 is 0 Å². The molecule has 0 unspecified atom stereocenters. The molecule has 0 fully saturated rings. The minimum absolute atomic E-state index is 0.113. The van der Waals surface area contributed by atoms with Gasteiger partial charge in [-0.2, -0.15) is 0 Å². The molecule has 2 N–H and O–H groups in total. The highest BCUT2D eigenvalue weighted by molar-refractivity contribution is 5.76. The summed E-state index contributed by atoms with van der Waals surface area (Å²) in [6, 6.07) is 0. The molecule has 0 aliphatic rings. The van der Waals surface area contributed by atoms with Gasteiger partial charge in [-0.05, 0) is 19.3 Å². The van der Waals surface area contributed by atoms with Gasteiger partial charge in [0.1, 0.15) is 0 Å². The van der Waals surface area contributed by atoms with E-state index in [1.807, 2.05) is 4.90 Å². The quantitative estimate of drug-likeness (QED) is 0.121. The van der Waals surface area contributed by atoms with Gasteiger partial charge in [0, 0.05) is 32.7 Å². The lowest BCUT2D eigenvalue weighted by atomic mass is 10.0. The van der Waals surface area contributed by atoms with Gasteiger partial charge in [0.15, 0.2) is 0 Å². The highest BCUT2D eigenvalue weighted by atomic mass is 16.3. The number of hydrogen-bond donors (Lipinski definition) is 2. The van der Waals surface area contributed by atoms with Crippen molar-refractivity contribution in [3.05, 3.63) is 0 Å². The first-order valence-electron chi connectivity index (χ1n) is 14.8. The number of rotatable bonds is 27. The third kappa shape index (κ3) is 24.3. The van der Waals surface area contributed by atoms with Crippen molar-refractivity contribution in [2.45, 2.75) is 155 Å². The van der Waals surface area contributed by atoms with Crippen LogP contribution in [0.2, 0.25) is 0 Å². The lowest BCUT2D eigenvalue weighted by Gasteiger charge is -2.22. The molecule has 4 heteroatoms. The predicted octanol–water partition coefficient (Wildman–Crippen LogP) is 7.79. The van der Waals surface area contributed by atoms with Gasteiger partial charge in [0.2, 0.25) is 5.91 Å². The van der Waals surface area contributed by atoms with Crippen molar-refractivity contribution in [3.8, 4) is 0 Å². The van der Waals surface area contributed by atoms with Crippen LogP contribution in [0.3, 0.4) is 0 Å². The zero-order chi connectivity index (χ0) is 24.2. The van der Waals surface area contributed by atoms with Crippen LogP contribution in [-0.4, -0.2) is 47.3 Å². The molecule has 198 valence electrons. The van der Waals surface area contributed by atoms with Crippen LogP contribution in [0.4, 0.5) is 0 Å². The molecule has 0 spiro atoms. The zero-order valence-electron chi connectivity index (χ0n) is 22.3. The largest absolute Gasteiger partial charge is 0.396 e. The van der Waals surface area contributed by atoms with Crippen molar-refractivity contribution >= 4 is 5.91 Å². The van der Waals surface area contributed by atoms with E-state index in [1.165, 1.54) is 116 Å². The van der Waals surface area contributed by atoms with Gasteiger partial charge < -0.3 is 15.1 Å². The van der Waals surface area contributed by atoms with E-state index >= 15 is 0 Å². The molecule has 0 heterocycles. The number of hydrogen-bond acceptors (Lipinski definition) is 3.